The van der Waals surface area contributed by atoms with Crippen LogP contribution in [-0.2, 0) is 4.79 Å². The van der Waals surface area contributed by atoms with Crippen molar-refractivity contribution in [1.29, 1.82) is 0 Å². The quantitative estimate of drug-likeness (QED) is 0.298. The van der Waals surface area contributed by atoms with E-state index in [1.54, 1.807) is 26.0 Å². The fraction of sp³-hybridized carbons (Fsp3) is 0.357. The van der Waals surface area contributed by atoms with Crippen molar-refractivity contribution in [2.24, 2.45) is 0 Å². The molecule has 1 heterocycles. The zero-order valence-electron chi connectivity index (χ0n) is 22.2. The van der Waals surface area contributed by atoms with E-state index in [-0.39, 0.29) is 0 Å². The minimum atomic E-state index is 0.639. The Labute approximate surface area is 211 Å². The first-order chi connectivity index (χ1) is 16.4. The molecular weight excluding hydrogens is 444 g/mol. The van der Waals surface area contributed by atoms with Crippen LogP contribution < -0.4 is 14.8 Å². The summed E-state index contributed by atoms with van der Waals surface area (Å²) in [7, 11) is 5.20. The molecule has 0 fully saturated rings. The van der Waals surface area contributed by atoms with Gasteiger partial charge < -0.3 is 19.6 Å². The minimum absolute atomic E-state index is 0.639. The van der Waals surface area contributed by atoms with E-state index in [9.17, 15) is 4.79 Å². The number of hydrogen-bond acceptors (Lipinski definition) is 6. The topological polar surface area (TPSA) is 60.5 Å². The van der Waals surface area contributed by atoms with Crippen molar-refractivity contribution in [2.75, 3.05) is 32.8 Å². The zero-order chi connectivity index (χ0) is 26.2. The van der Waals surface area contributed by atoms with E-state index in [1.165, 1.54) is 4.90 Å². The van der Waals surface area contributed by atoms with Gasteiger partial charge in [0, 0.05) is 24.1 Å². The number of carbonyl (C=O) groups excluding carboxylic acids is 1. The first-order valence-electron chi connectivity index (χ1n) is 11.3. The van der Waals surface area contributed by atoms with E-state index in [1.807, 2.05) is 96.4 Å². The third-order valence-electron chi connectivity index (χ3n) is 3.95. The maximum Gasteiger partial charge on any atom is 0.122 e. The van der Waals surface area contributed by atoms with Crippen LogP contribution in [0.5, 0.6) is 11.5 Å². The number of hydrogen-bond donors (Lipinski definition) is 1. The number of rotatable bonds is 5. The Morgan fingerprint density at radius 3 is 1.94 bits per heavy atom. The first-order valence-corrected chi connectivity index (χ1v) is 12.5. The molecule has 3 rings (SSSR count). The van der Waals surface area contributed by atoms with Crippen LogP contribution in [0.3, 0.4) is 0 Å². The number of thioether (sulfide) groups is 1. The molecule has 0 atom stereocenters. The van der Waals surface area contributed by atoms with E-state index < -0.39 is 0 Å². The fourth-order valence-electron chi connectivity index (χ4n) is 2.15. The summed E-state index contributed by atoms with van der Waals surface area (Å²) in [5.41, 5.74) is 3.20. The summed E-state index contributed by atoms with van der Waals surface area (Å²) in [5, 5.41) is 2.99. The predicted octanol–water partition coefficient (Wildman–Crippen LogP) is 7.47. The molecule has 5 nitrogen and oxygen atoms in total. The molecule has 0 saturated carbocycles. The lowest BCUT2D eigenvalue weighted by Gasteiger charge is -2.05. The highest BCUT2D eigenvalue weighted by Crippen LogP contribution is 2.22. The number of nitrogens with zero attached hydrogens (tertiary/aromatic N) is 1. The number of aromatic nitrogens is 1. The van der Waals surface area contributed by atoms with Crippen molar-refractivity contribution in [3.63, 3.8) is 0 Å². The summed E-state index contributed by atoms with van der Waals surface area (Å²) in [4.78, 5) is 14.6. The van der Waals surface area contributed by atoms with E-state index in [4.69, 9.17) is 9.47 Å². The first kappa shape index (κ1) is 33.2. The lowest BCUT2D eigenvalue weighted by molar-refractivity contribution is -0.107. The third kappa shape index (κ3) is 16.6. The van der Waals surface area contributed by atoms with Gasteiger partial charge in [-0.2, -0.15) is 0 Å². The Bertz CT molecular complexity index is 857. The van der Waals surface area contributed by atoms with Crippen LogP contribution in [0.15, 0.2) is 71.8 Å². The largest absolute Gasteiger partial charge is 0.497 e. The van der Waals surface area contributed by atoms with Crippen molar-refractivity contribution in [2.45, 2.75) is 45.9 Å². The number of pyridine rings is 1. The Hall–Kier alpha value is -2.99. The summed E-state index contributed by atoms with van der Waals surface area (Å²) < 4.78 is 10.1. The number of carbonyl (C=O) groups is 1. The Morgan fingerprint density at radius 2 is 1.59 bits per heavy atom. The normalized spacial score (nSPS) is 8.50. The van der Waals surface area contributed by atoms with Crippen LogP contribution in [0.1, 0.15) is 38.4 Å². The molecule has 0 bridgehead atoms. The van der Waals surface area contributed by atoms with E-state index >= 15 is 0 Å². The SMILES string of the molecule is CC.CCC=O.CNc1ccc(C)nc1.COc1ccc(OC)c(C)c1.CSc1ccccc1. The van der Waals surface area contributed by atoms with Gasteiger partial charge in [0.15, 0.2) is 0 Å². The van der Waals surface area contributed by atoms with Gasteiger partial charge in [0.25, 0.3) is 0 Å². The fourth-order valence-corrected chi connectivity index (χ4v) is 2.58. The van der Waals surface area contributed by atoms with Gasteiger partial charge in [0.05, 0.1) is 26.1 Å². The molecule has 1 aromatic heterocycles. The van der Waals surface area contributed by atoms with Gasteiger partial charge in [-0.1, -0.05) is 39.0 Å². The second-order valence-corrected chi connectivity index (χ2v) is 7.25. The van der Waals surface area contributed by atoms with E-state index in [2.05, 4.69) is 28.7 Å². The van der Waals surface area contributed by atoms with Crippen LogP contribution in [0, 0.1) is 13.8 Å². The average molecular weight is 487 g/mol. The smallest absolute Gasteiger partial charge is 0.122 e. The molecular formula is C28H42N2O3S. The predicted molar refractivity (Wildman–Crippen MR) is 149 cm³/mol. The van der Waals surface area contributed by atoms with Crippen molar-refractivity contribution in [1.82, 2.24) is 4.98 Å². The molecule has 0 unspecified atom stereocenters. The number of aldehydes is 1. The number of ether oxygens (including phenoxy) is 2. The van der Waals surface area contributed by atoms with Gasteiger partial charge in [-0.25, -0.2) is 0 Å². The Balaban J connectivity index is 0. The lowest BCUT2D eigenvalue weighted by atomic mass is 10.2. The van der Waals surface area contributed by atoms with E-state index in [0.717, 1.165) is 34.7 Å². The summed E-state index contributed by atoms with van der Waals surface area (Å²) in [6, 6.07) is 20.0. The van der Waals surface area contributed by atoms with Gasteiger partial charge >= 0.3 is 0 Å². The van der Waals surface area contributed by atoms with Gasteiger partial charge in [-0.15, -0.1) is 11.8 Å². The summed E-state index contributed by atoms with van der Waals surface area (Å²) >= 11 is 1.77. The molecule has 0 amide bonds. The molecule has 188 valence electrons. The molecule has 1 N–H and O–H groups in total. The Morgan fingerprint density at radius 1 is 0.971 bits per heavy atom. The average Bonchev–Trinajstić information content (AvgIpc) is 2.91. The highest BCUT2D eigenvalue weighted by atomic mass is 32.2. The highest BCUT2D eigenvalue weighted by molar-refractivity contribution is 7.98. The molecule has 0 aliphatic rings. The summed E-state index contributed by atoms with van der Waals surface area (Å²) in [6.45, 7) is 9.77. The van der Waals surface area contributed by atoms with Crippen LogP contribution in [0.25, 0.3) is 0 Å². The monoisotopic (exact) mass is 486 g/mol. The number of methoxy groups -OCH3 is 2. The van der Waals surface area contributed by atoms with Crippen LogP contribution >= 0.6 is 11.8 Å². The molecule has 3 aromatic rings. The molecule has 0 aliphatic heterocycles. The number of benzene rings is 2. The molecule has 0 saturated heterocycles. The number of nitrogens with one attached hydrogen (secondary N) is 1. The standard InChI is InChI=1S/C9H12O2.C7H10N2.C7H8S.C3H6O.C2H6/c1-7-6-8(10-2)4-5-9(7)11-3;1-6-3-4-7(8-2)5-9-6;1-8-7-5-3-2-4-6-7;1-2-3-4;1-2/h4-6H,1-3H3;3-5,8H,1-2H3;2-6H,1H3;3H,2H2,1H3;1-2H3. The van der Waals surface area contributed by atoms with Crippen molar-refractivity contribution < 1.29 is 14.3 Å². The van der Waals surface area contributed by atoms with Crippen LogP contribution in [-0.4, -0.2) is 38.8 Å². The third-order valence-corrected chi connectivity index (χ3v) is 4.69. The molecule has 0 spiro atoms. The summed E-state index contributed by atoms with van der Waals surface area (Å²) in [6.07, 6.45) is 5.41. The molecule has 0 radical (unpaired) electrons. The maximum atomic E-state index is 9.17. The zero-order valence-corrected chi connectivity index (χ0v) is 23.0. The summed E-state index contributed by atoms with van der Waals surface area (Å²) in [5.74, 6) is 1.76. The maximum absolute atomic E-state index is 9.17. The van der Waals surface area contributed by atoms with Gasteiger partial charge in [-0.3, -0.25) is 4.98 Å². The Kier molecular flexibility index (Phi) is 22.6. The number of aryl methyl sites for hydroxylation is 2. The second-order valence-electron chi connectivity index (χ2n) is 6.37. The van der Waals surface area contributed by atoms with Crippen molar-refractivity contribution in [3.8, 4) is 11.5 Å². The van der Waals surface area contributed by atoms with Gasteiger partial charge in [0.2, 0.25) is 0 Å². The molecule has 34 heavy (non-hydrogen) atoms. The van der Waals surface area contributed by atoms with Gasteiger partial charge in [0.1, 0.15) is 17.8 Å². The number of anilines is 1. The van der Waals surface area contributed by atoms with Crippen molar-refractivity contribution >= 4 is 23.7 Å². The molecule has 2 aromatic carbocycles. The van der Waals surface area contributed by atoms with Crippen LogP contribution in [0.4, 0.5) is 5.69 Å². The van der Waals surface area contributed by atoms with Crippen LogP contribution in [0.2, 0.25) is 0 Å². The molecule has 0 aliphatic carbocycles. The highest BCUT2D eigenvalue weighted by Gasteiger charge is 1.98. The minimum Gasteiger partial charge on any atom is -0.497 e. The van der Waals surface area contributed by atoms with Crippen molar-refractivity contribution in [3.05, 3.63) is 78.1 Å². The lowest BCUT2D eigenvalue weighted by Crippen LogP contribution is -1.88. The second kappa shape index (κ2) is 23.2. The van der Waals surface area contributed by atoms with E-state index in [0.29, 0.717) is 6.42 Å². The molecule has 6 heteroatoms. The van der Waals surface area contributed by atoms with Gasteiger partial charge in [-0.05, 0) is 68.1 Å².